The SMILES string of the molecule is Cc1ccc(C2=C(c3ccc(Cl)cc3Cl)CCCc3cc(-c4nsc(=O)o4)ccc32)cc1. The Balaban J connectivity index is 1.75. The molecule has 0 N–H and O–H groups in total. The predicted molar refractivity (Wildman–Crippen MR) is 133 cm³/mol. The molecule has 4 aromatic rings. The maximum atomic E-state index is 11.5. The number of aryl methyl sites for hydroxylation is 2. The second-order valence-electron chi connectivity index (χ2n) is 7.91. The van der Waals surface area contributed by atoms with Crippen molar-refractivity contribution in [2.24, 2.45) is 0 Å². The van der Waals surface area contributed by atoms with E-state index in [1.54, 1.807) is 6.07 Å². The molecule has 0 unspecified atom stereocenters. The van der Waals surface area contributed by atoms with Gasteiger partial charge < -0.3 is 4.42 Å². The monoisotopic (exact) mass is 479 g/mol. The van der Waals surface area contributed by atoms with Crippen LogP contribution in [0.2, 0.25) is 10.0 Å². The summed E-state index contributed by atoms with van der Waals surface area (Å²) in [6, 6.07) is 20.5. The predicted octanol–water partition coefficient (Wildman–Crippen LogP) is 7.67. The molecule has 32 heavy (non-hydrogen) atoms. The second-order valence-corrected chi connectivity index (χ2v) is 9.45. The molecular weight excluding hydrogens is 461 g/mol. The number of allylic oxidation sites excluding steroid dienone is 1. The Morgan fingerprint density at radius 1 is 0.906 bits per heavy atom. The molecule has 1 heterocycles. The average Bonchev–Trinajstić information content (AvgIpc) is 3.12. The number of halogens is 2. The normalized spacial score (nSPS) is 13.7. The van der Waals surface area contributed by atoms with E-state index < -0.39 is 4.94 Å². The van der Waals surface area contributed by atoms with E-state index in [4.69, 9.17) is 27.6 Å². The Hall–Kier alpha value is -2.66. The maximum absolute atomic E-state index is 11.5. The van der Waals surface area contributed by atoms with Gasteiger partial charge in [0.1, 0.15) is 0 Å². The first-order valence-electron chi connectivity index (χ1n) is 10.4. The van der Waals surface area contributed by atoms with Crippen LogP contribution < -0.4 is 4.94 Å². The summed E-state index contributed by atoms with van der Waals surface area (Å²) < 4.78 is 9.39. The van der Waals surface area contributed by atoms with Crippen LogP contribution >= 0.6 is 34.7 Å². The van der Waals surface area contributed by atoms with E-state index in [9.17, 15) is 4.79 Å². The third-order valence-electron chi connectivity index (χ3n) is 5.78. The second kappa shape index (κ2) is 8.70. The van der Waals surface area contributed by atoms with Crippen LogP contribution in [0.3, 0.4) is 0 Å². The van der Waals surface area contributed by atoms with Crippen molar-refractivity contribution in [1.82, 2.24) is 4.37 Å². The number of fused-ring (bicyclic) bond motifs is 1. The number of rotatable bonds is 3. The fourth-order valence-corrected chi connectivity index (χ4v) is 5.22. The Morgan fingerprint density at radius 2 is 1.66 bits per heavy atom. The molecule has 0 radical (unpaired) electrons. The molecule has 0 saturated heterocycles. The quantitative estimate of drug-likeness (QED) is 0.302. The third-order valence-corrected chi connectivity index (χ3v) is 6.81. The van der Waals surface area contributed by atoms with Crippen LogP contribution in [0.1, 0.15) is 40.7 Å². The Bertz CT molecular complexity index is 1400. The molecule has 0 amide bonds. The van der Waals surface area contributed by atoms with Gasteiger partial charge in [-0.2, -0.15) is 0 Å². The lowest BCUT2D eigenvalue weighted by Crippen LogP contribution is -1.97. The zero-order valence-electron chi connectivity index (χ0n) is 17.3. The summed E-state index contributed by atoms with van der Waals surface area (Å²) in [6.45, 7) is 2.09. The van der Waals surface area contributed by atoms with E-state index in [1.807, 2.05) is 18.2 Å². The molecule has 3 aromatic carbocycles. The first kappa shape index (κ1) is 21.2. The van der Waals surface area contributed by atoms with Gasteiger partial charge in [0.05, 0.1) is 11.5 Å². The molecule has 0 aliphatic heterocycles. The average molecular weight is 480 g/mol. The van der Waals surface area contributed by atoms with Gasteiger partial charge in [-0.1, -0.05) is 65.2 Å². The van der Waals surface area contributed by atoms with E-state index in [0.29, 0.717) is 15.9 Å². The minimum atomic E-state index is -0.394. The molecule has 0 fully saturated rings. The molecule has 1 aromatic heterocycles. The van der Waals surface area contributed by atoms with Crippen molar-refractivity contribution in [2.45, 2.75) is 26.2 Å². The van der Waals surface area contributed by atoms with E-state index in [0.717, 1.165) is 53.0 Å². The summed E-state index contributed by atoms with van der Waals surface area (Å²) >= 11 is 13.7. The Labute approximate surface area is 200 Å². The Morgan fingerprint density at radius 3 is 2.38 bits per heavy atom. The molecule has 0 spiro atoms. The summed E-state index contributed by atoms with van der Waals surface area (Å²) in [5.41, 5.74) is 8.93. The van der Waals surface area contributed by atoms with Crippen LogP contribution in [0.5, 0.6) is 0 Å². The van der Waals surface area contributed by atoms with Gasteiger partial charge in [0.2, 0.25) is 5.89 Å². The van der Waals surface area contributed by atoms with Crippen molar-refractivity contribution in [1.29, 1.82) is 0 Å². The fourth-order valence-electron chi connectivity index (χ4n) is 4.28. The van der Waals surface area contributed by atoms with Crippen LogP contribution in [0, 0.1) is 6.92 Å². The minimum absolute atomic E-state index is 0.369. The number of hydrogen-bond acceptors (Lipinski definition) is 4. The third kappa shape index (κ3) is 4.06. The van der Waals surface area contributed by atoms with Gasteiger partial charge in [-0.05, 0) is 83.9 Å². The highest BCUT2D eigenvalue weighted by atomic mass is 35.5. The lowest BCUT2D eigenvalue weighted by molar-refractivity contribution is 0.543. The van der Waals surface area contributed by atoms with Gasteiger partial charge in [-0.3, -0.25) is 0 Å². The van der Waals surface area contributed by atoms with Gasteiger partial charge in [0, 0.05) is 15.6 Å². The first-order valence-corrected chi connectivity index (χ1v) is 11.9. The van der Waals surface area contributed by atoms with Crippen molar-refractivity contribution in [2.75, 3.05) is 0 Å². The van der Waals surface area contributed by atoms with E-state index in [2.05, 4.69) is 47.7 Å². The van der Waals surface area contributed by atoms with Gasteiger partial charge in [0.15, 0.2) is 0 Å². The van der Waals surface area contributed by atoms with E-state index >= 15 is 0 Å². The van der Waals surface area contributed by atoms with E-state index in [-0.39, 0.29) is 0 Å². The molecule has 3 nitrogen and oxygen atoms in total. The van der Waals surface area contributed by atoms with Crippen LogP contribution in [0.15, 0.2) is 69.9 Å². The van der Waals surface area contributed by atoms with Crippen LogP contribution in [0.4, 0.5) is 0 Å². The summed E-state index contributed by atoms with van der Waals surface area (Å²) in [5.74, 6) is 0.369. The molecule has 160 valence electrons. The van der Waals surface area contributed by atoms with Gasteiger partial charge in [-0.15, -0.1) is 4.37 Å². The van der Waals surface area contributed by atoms with Crippen LogP contribution in [0.25, 0.3) is 22.6 Å². The van der Waals surface area contributed by atoms with Crippen molar-refractivity contribution in [3.05, 3.63) is 108 Å². The first-order chi connectivity index (χ1) is 15.5. The minimum Gasteiger partial charge on any atom is -0.394 e. The zero-order valence-corrected chi connectivity index (χ0v) is 19.7. The molecule has 0 saturated carbocycles. The molecule has 0 bridgehead atoms. The van der Waals surface area contributed by atoms with Crippen molar-refractivity contribution in [3.8, 4) is 11.5 Å². The molecule has 1 aliphatic rings. The topological polar surface area (TPSA) is 43.1 Å². The lowest BCUT2D eigenvalue weighted by Gasteiger charge is -2.18. The molecule has 1 aliphatic carbocycles. The van der Waals surface area contributed by atoms with Crippen LogP contribution in [-0.4, -0.2) is 4.37 Å². The smallest absolute Gasteiger partial charge is 0.394 e. The summed E-state index contributed by atoms with van der Waals surface area (Å²) in [6.07, 6.45) is 2.77. The van der Waals surface area contributed by atoms with Gasteiger partial charge in [0.25, 0.3) is 0 Å². The maximum Gasteiger partial charge on any atom is 0.414 e. The lowest BCUT2D eigenvalue weighted by atomic mass is 9.87. The summed E-state index contributed by atoms with van der Waals surface area (Å²) in [5, 5.41) is 1.28. The number of benzene rings is 3. The summed E-state index contributed by atoms with van der Waals surface area (Å²) in [7, 11) is 0. The standard InChI is InChI=1S/C26H19Cl2NO2S/c1-15-5-7-16(8-6-15)24-20-11-9-18(25-29-32-26(30)31-25)13-17(20)3-2-4-22(24)21-12-10-19(27)14-23(21)28/h5-14H,2-4H2,1H3. The Kier molecular flexibility index (Phi) is 5.76. The molecule has 6 heteroatoms. The highest BCUT2D eigenvalue weighted by Crippen LogP contribution is 2.43. The number of hydrogen-bond donors (Lipinski definition) is 0. The van der Waals surface area contributed by atoms with Crippen molar-refractivity contribution >= 4 is 45.9 Å². The van der Waals surface area contributed by atoms with Crippen molar-refractivity contribution in [3.63, 3.8) is 0 Å². The number of aromatic nitrogens is 1. The largest absolute Gasteiger partial charge is 0.414 e. The highest BCUT2D eigenvalue weighted by Gasteiger charge is 2.22. The van der Waals surface area contributed by atoms with Crippen molar-refractivity contribution < 1.29 is 4.42 Å². The van der Waals surface area contributed by atoms with Crippen LogP contribution in [-0.2, 0) is 6.42 Å². The molecule has 0 atom stereocenters. The molecular formula is C26H19Cl2NO2S. The number of nitrogens with zero attached hydrogens (tertiary/aromatic N) is 1. The van der Waals surface area contributed by atoms with Gasteiger partial charge >= 0.3 is 4.94 Å². The highest BCUT2D eigenvalue weighted by molar-refractivity contribution is 7.02. The molecule has 5 rings (SSSR count). The fraction of sp³-hybridized carbons (Fsp3) is 0.154. The van der Waals surface area contributed by atoms with Gasteiger partial charge in [-0.25, -0.2) is 4.79 Å². The zero-order chi connectivity index (χ0) is 22.2. The van der Waals surface area contributed by atoms with E-state index in [1.165, 1.54) is 22.3 Å². The summed E-state index contributed by atoms with van der Waals surface area (Å²) in [4.78, 5) is 11.1.